The zero-order chi connectivity index (χ0) is 13.9. The van der Waals surface area contributed by atoms with Crippen molar-refractivity contribution in [2.24, 2.45) is 5.73 Å². The second kappa shape index (κ2) is 9.92. The van der Waals surface area contributed by atoms with Crippen molar-refractivity contribution in [3.05, 3.63) is 35.4 Å². The maximum atomic E-state index is 6.04. The Morgan fingerprint density at radius 2 is 1.68 bits per heavy atom. The van der Waals surface area contributed by atoms with Gasteiger partial charge in [0.2, 0.25) is 0 Å². The van der Waals surface area contributed by atoms with E-state index in [9.17, 15) is 0 Å². The molecule has 0 aliphatic rings. The van der Waals surface area contributed by atoms with Crippen LogP contribution in [0.3, 0.4) is 0 Å². The lowest BCUT2D eigenvalue weighted by atomic mass is 10.1. The van der Waals surface area contributed by atoms with Crippen LogP contribution in [0, 0.1) is 6.92 Å². The van der Waals surface area contributed by atoms with Gasteiger partial charge in [0, 0.05) is 20.3 Å². The predicted octanol–water partition coefficient (Wildman–Crippen LogP) is 2.06. The molecule has 19 heavy (non-hydrogen) atoms. The molecule has 0 aliphatic heterocycles. The Balaban J connectivity index is 2.04. The first-order chi connectivity index (χ1) is 9.24. The van der Waals surface area contributed by atoms with Gasteiger partial charge < -0.3 is 19.9 Å². The Morgan fingerprint density at radius 3 is 2.37 bits per heavy atom. The second-order valence-corrected chi connectivity index (χ2v) is 4.55. The van der Waals surface area contributed by atoms with Crippen LogP contribution >= 0.6 is 0 Å². The van der Waals surface area contributed by atoms with Crippen LogP contribution in [0.25, 0.3) is 0 Å². The molecule has 1 unspecified atom stereocenters. The predicted molar refractivity (Wildman–Crippen MR) is 76.2 cm³/mol. The summed E-state index contributed by atoms with van der Waals surface area (Å²) in [4.78, 5) is 0. The molecule has 0 saturated heterocycles. The fourth-order valence-electron chi connectivity index (χ4n) is 1.65. The molecule has 0 radical (unpaired) electrons. The van der Waals surface area contributed by atoms with E-state index in [2.05, 4.69) is 19.1 Å². The van der Waals surface area contributed by atoms with Gasteiger partial charge in [0.15, 0.2) is 0 Å². The number of ether oxygens (including phenoxy) is 3. The molecular weight excluding hydrogens is 242 g/mol. The Kier molecular flexibility index (Phi) is 8.41. The van der Waals surface area contributed by atoms with Gasteiger partial charge >= 0.3 is 0 Å². The van der Waals surface area contributed by atoms with Crippen molar-refractivity contribution in [1.29, 1.82) is 0 Å². The maximum Gasteiger partial charge on any atom is 0.0701 e. The van der Waals surface area contributed by atoms with Crippen molar-refractivity contribution < 1.29 is 14.2 Å². The van der Waals surface area contributed by atoms with E-state index in [1.807, 2.05) is 12.1 Å². The van der Waals surface area contributed by atoms with Crippen molar-refractivity contribution in [2.45, 2.75) is 19.4 Å². The highest BCUT2D eigenvalue weighted by Gasteiger charge is 2.05. The highest BCUT2D eigenvalue weighted by atomic mass is 16.5. The molecule has 1 atom stereocenters. The van der Waals surface area contributed by atoms with Crippen LogP contribution in [0.4, 0.5) is 0 Å². The van der Waals surface area contributed by atoms with E-state index in [1.54, 1.807) is 7.11 Å². The number of aryl methyl sites for hydroxylation is 1. The fraction of sp³-hybridized carbons (Fsp3) is 0.600. The number of hydrogen-bond donors (Lipinski definition) is 1. The number of benzene rings is 1. The van der Waals surface area contributed by atoms with Crippen LogP contribution in [0.1, 0.15) is 23.6 Å². The topological polar surface area (TPSA) is 53.7 Å². The Labute approximate surface area is 115 Å². The third-order valence-electron chi connectivity index (χ3n) is 2.81. The molecular formula is C15H25NO3. The van der Waals surface area contributed by atoms with Gasteiger partial charge in [-0.3, -0.25) is 0 Å². The van der Waals surface area contributed by atoms with Crippen LogP contribution in [0.15, 0.2) is 24.3 Å². The highest BCUT2D eigenvalue weighted by Crippen LogP contribution is 2.11. The van der Waals surface area contributed by atoms with Crippen molar-refractivity contribution in [3.63, 3.8) is 0 Å². The molecule has 0 fully saturated rings. The van der Waals surface area contributed by atoms with Crippen molar-refractivity contribution in [3.8, 4) is 0 Å². The summed E-state index contributed by atoms with van der Waals surface area (Å²) in [6, 6.07) is 8.14. The summed E-state index contributed by atoms with van der Waals surface area (Å²) >= 11 is 0. The Bertz CT molecular complexity index is 327. The minimum Gasteiger partial charge on any atom is -0.385 e. The molecule has 108 valence electrons. The molecule has 0 amide bonds. The first-order valence-electron chi connectivity index (χ1n) is 6.70. The summed E-state index contributed by atoms with van der Waals surface area (Å²) in [5.41, 5.74) is 8.38. The molecule has 0 heterocycles. The molecule has 0 aliphatic carbocycles. The van der Waals surface area contributed by atoms with E-state index in [4.69, 9.17) is 19.9 Å². The number of nitrogens with two attached hydrogens (primary N) is 1. The third-order valence-corrected chi connectivity index (χ3v) is 2.81. The van der Waals surface area contributed by atoms with Crippen LogP contribution in [0.5, 0.6) is 0 Å². The zero-order valence-electron chi connectivity index (χ0n) is 11.9. The van der Waals surface area contributed by atoms with Gasteiger partial charge in [-0.25, -0.2) is 0 Å². The summed E-state index contributed by atoms with van der Waals surface area (Å²) in [6.07, 6.45) is 0.916. The molecule has 4 nitrogen and oxygen atoms in total. The van der Waals surface area contributed by atoms with E-state index >= 15 is 0 Å². The minimum atomic E-state index is -0.0749. The standard InChI is InChI=1S/C15H25NO3/c1-13-4-6-14(7-5-13)15(16)12-19-11-10-18-9-3-8-17-2/h4-7,15H,3,8-12,16H2,1-2H3. The third kappa shape index (κ3) is 7.28. The number of methoxy groups -OCH3 is 1. The van der Waals surface area contributed by atoms with E-state index in [0.717, 1.165) is 18.6 Å². The van der Waals surface area contributed by atoms with Gasteiger partial charge in [0.05, 0.1) is 25.9 Å². The van der Waals surface area contributed by atoms with Gasteiger partial charge in [-0.15, -0.1) is 0 Å². The molecule has 1 aromatic rings. The Hall–Kier alpha value is -0.940. The van der Waals surface area contributed by atoms with Crippen molar-refractivity contribution in [1.82, 2.24) is 0 Å². The smallest absolute Gasteiger partial charge is 0.0701 e. The average molecular weight is 267 g/mol. The number of hydrogen-bond acceptors (Lipinski definition) is 4. The van der Waals surface area contributed by atoms with Crippen molar-refractivity contribution >= 4 is 0 Å². The normalized spacial score (nSPS) is 12.6. The average Bonchev–Trinajstić information content (AvgIpc) is 2.42. The maximum absolute atomic E-state index is 6.04. The summed E-state index contributed by atoms with van der Waals surface area (Å²) in [6.45, 7) is 5.20. The molecule has 0 saturated carbocycles. The van der Waals surface area contributed by atoms with Gasteiger partial charge in [-0.1, -0.05) is 29.8 Å². The second-order valence-electron chi connectivity index (χ2n) is 4.55. The largest absolute Gasteiger partial charge is 0.385 e. The van der Waals surface area contributed by atoms with Crippen LogP contribution in [-0.4, -0.2) is 40.1 Å². The molecule has 0 spiro atoms. The Morgan fingerprint density at radius 1 is 1.00 bits per heavy atom. The minimum absolute atomic E-state index is 0.0749. The van der Waals surface area contributed by atoms with E-state index < -0.39 is 0 Å². The van der Waals surface area contributed by atoms with Crippen LogP contribution < -0.4 is 5.73 Å². The van der Waals surface area contributed by atoms with E-state index in [1.165, 1.54) is 5.56 Å². The molecule has 1 rings (SSSR count). The number of rotatable bonds is 10. The van der Waals surface area contributed by atoms with Crippen LogP contribution in [-0.2, 0) is 14.2 Å². The van der Waals surface area contributed by atoms with Gasteiger partial charge in [-0.05, 0) is 18.9 Å². The summed E-state index contributed by atoms with van der Waals surface area (Å²) in [5.74, 6) is 0. The first-order valence-corrected chi connectivity index (χ1v) is 6.70. The fourth-order valence-corrected chi connectivity index (χ4v) is 1.65. The monoisotopic (exact) mass is 267 g/mol. The van der Waals surface area contributed by atoms with E-state index in [-0.39, 0.29) is 6.04 Å². The summed E-state index contributed by atoms with van der Waals surface area (Å²) < 4.78 is 15.8. The summed E-state index contributed by atoms with van der Waals surface area (Å²) in [5, 5.41) is 0. The van der Waals surface area contributed by atoms with E-state index in [0.29, 0.717) is 26.4 Å². The lowest BCUT2D eigenvalue weighted by molar-refractivity contribution is 0.0355. The summed E-state index contributed by atoms with van der Waals surface area (Å²) in [7, 11) is 1.69. The van der Waals surface area contributed by atoms with Gasteiger partial charge in [0.1, 0.15) is 0 Å². The quantitative estimate of drug-likeness (QED) is 0.659. The van der Waals surface area contributed by atoms with Gasteiger partial charge in [-0.2, -0.15) is 0 Å². The molecule has 1 aromatic carbocycles. The molecule has 0 aromatic heterocycles. The van der Waals surface area contributed by atoms with Gasteiger partial charge in [0.25, 0.3) is 0 Å². The first kappa shape index (κ1) is 16.1. The highest BCUT2D eigenvalue weighted by molar-refractivity contribution is 5.23. The lowest BCUT2D eigenvalue weighted by Crippen LogP contribution is -2.18. The SMILES string of the molecule is COCCCOCCOCC(N)c1ccc(C)cc1. The molecule has 0 bridgehead atoms. The molecule has 4 heteroatoms. The van der Waals surface area contributed by atoms with Crippen LogP contribution in [0.2, 0.25) is 0 Å². The zero-order valence-corrected chi connectivity index (χ0v) is 11.9. The van der Waals surface area contributed by atoms with Crippen molar-refractivity contribution in [2.75, 3.05) is 40.1 Å². The molecule has 2 N–H and O–H groups in total. The lowest BCUT2D eigenvalue weighted by Gasteiger charge is -2.13.